The molecular weight excluding hydrogens is 328 g/mol. The van der Waals surface area contributed by atoms with Crippen LogP contribution >= 0.6 is 0 Å². The van der Waals surface area contributed by atoms with Crippen molar-refractivity contribution in [3.8, 4) is 0 Å². The Kier molecular flexibility index (Phi) is 6.37. The number of unbranched alkanes of at least 4 members (excludes halogenated alkanes) is 1. The summed E-state index contributed by atoms with van der Waals surface area (Å²) >= 11 is 0. The highest BCUT2D eigenvalue weighted by Crippen LogP contribution is 2.20. The van der Waals surface area contributed by atoms with Crippen molar-refractivity contribution in [1.29, 1.82) is 0 Å². The second-order valence-electron chi connectivity index (χ2n) is 6.15. The third-order valence-corrected chi connectivity index (χ3v) is 5.98. The molecular formula is C17H26N2O4S. The predicted molar refractivity (Wildman–Crippen MR) is 92.5 cm³/mol. The van der Waals surface area contributed by atoms with E-state index in [2.05, 4.69) is 6.92 Å². The van der Waals surface area contributed by atoms with E-state index in [1.165, 1.54) is 16.4 Å². The van der Waals surface area contributed by atoms with Crippen molar-refractivity contribution in [3.63, 3.8) is 0 Å². The van der Waals surface area contributed by atoms with Gasteiger partial charge < -0.3 is 9.64 Å². The summed E-state index contributed by atoms with van der Waals surface area (Å²) in [6.07, 6.45) is 1.80. The van der Waals surface area contributed by atoms with Gasteiger partial charge in [0.1, 0.15) is 0 Å². The first-order valence-corrected chi connectivity index (χ1v) is 9.77. The van der Waals surface area contributed by atoms with Crippen LogP contribution in [0.25, 0.3) is 0 Å². The Morgan fingerprint density at radius 3 is 2.83 bits per heavy atom. The van der Waals surface area contributed by atoms with Crippen LogP contribution in [-0.2, 0) is 14.8 Å². The Hall–Kier alpha value is -1.44. The Bertz CT molecular complexity index is 675. The maximum Gasteiger partial charge on any atom is 0.253 e. The van der Waals surface area contributed by atoms with Crippen LogP contribution in [0.3, 0.4) is 0 Å². The number of carbonyl (C=O) groups is 1. The maximum atomic E-state index is 12.8. The summed E-state index contributed by atoms with van der Waals surface area (Å²) in [5.74, 6) is -0.157. The second kappa shape index (κ2) is 8.09. The minimum absolute atomic E-state index is 0.126. The van der Waals surface area contributed by atoms with E-state index in [1.807, 2.05) is 6.92 Å². The van der Waals surface area contributed by atoms with Crippen LogP contribution in [0, 0.1) is 0 Å². The number of ether oxygens (including phenoxy) is 1. The summed E-state index contributed by atoms with van der Waals surface area (Å²) in [5, 5.41) is 0. The minimum atomic E-state index is -3.61. The first-order valence-electron chi connectivity index (χ1n) is 8.33. The molecule has 24 heavy (non-hydrogen) atoms. The molecule has 1 aromatic carbocycles. The fourth-order valence-electron chi connectivity index (χ4n) is 2.66. The minimum Gasteiger partial charge on any atom is -0.376 e. The molecule has 6 nitrogen and oxygen atoms in total. The van der Waals surface area contributed by atoms with Crippen molar-refractivity contribution in [3.05, 3.63) is 29.8 Å². The lowest BCUT2D eigenvalue weighted by Gasteiger charge is -2.30. The zero-order chi connectivity index (χ0) is 17.7. The molecule has 1 saturated heterocycles. The van der Waals surface area contributed by atoms with Gasteiger partial charge in [0.2, 0.25) is 10.0 Å². The molecule has 1 amide bonds. The highest BCUT2D eigenvalue weighted by molar-refractivity contribution is 7.89. The second-order valence-corrected chi connectivity index (χ2v) is 8.09. The average molecular weight is 354 g/mol. The van der Waals surface area contributed by atoms with Gasteiger partial charge in [0, 0.05) is 32.2 Å². The smallest absolute Gasteiger partial charge is 0.253 e. The van der Waals surface area contributed by atoms with Gasteiger partial charge in [-0.25, -0.2) is 8.42 Å². The molecule has 7 heteroatoms. The van der Waals surface area contributed by atoms with Crippen LogP contribution in [0.1, 0.15) is 37.0 Å². The maximum absolute atomic E-state index is 12.8. The molecule has 0 aromatic heterocycles. The lowest BCUT2D eigenvalue weighted by atomic mass is 10.2. The molecule has 1 aliphatic heterocycles. The highest BCUT2D eigenvalue weighted by atomic mass is 32.2. The Labute approximate surface area is 144 Å². The Balaban J connectivity index is 2.21. The standard InChI is InChI=1S/C17H26N2O4S/c1-4-5-9-18(3)17(20)15-7-6-8-16(12-15)24(21,22)19-10-11-23-14(2)13-19/h6-8,12,14H,4-5,9-11,13H2,1-3H3. The zero-order valence-corrected chi connectivity index (χ0v) is 15.4. The third-order valence-electron chi connectivity index (χ3n) is 4.12. The van der Waals surface area contributed by atoms with E-state index in [-0.39, 0.29) is 16.9 Å². The summed E-state index contributed by atoms with van der Waals surface area (Å²) in [6, 6.07) is 6.29. The molecule has 1 atom stereocenters. The van der Waals surface area contributed by atoms with E-state index in [4.69, 9.17) is 4.74 Å². The van der Waals surface area contributed by atoms with Crippen molar-refractivity contribution in [2.75, 3.05) is 33.3 Å². The number of amides is 1. The van der Waals surface area contributed by atoms with E-state index in [0.29, 0.717) is 31.8 Å². The van der Waals surface area contributed by atoms with Gasteiger partial charge in [0.15, 0.2) is 0 Å². The number of hydrogen-bond acceptors (Lipinski definition) is 4. The summed E-state index contributed by atoms with van der Waals surface area (Å²) in [7, 11) is -1.87. The molecule has 134 valence electrons. The van der Waals surface area contributed by atoms with Crippen molar-refractivity contribution in [2.45, 2.75) is 37.7 Å². The number of hydrogen-bond donors (Lipinski definition) is 0. The number of nitrogens with zero attached hydrogens (tertiary/aromatic N) is 2. The first kappa shape index (κ1) is 18.9. The first-order chi connectivity index (χ1) is 11.4. The van der Waals surface area contributed by atoms with E-state index in [9.17, 15) is 13.2 Å². The van der Waals surface area contributed by atoms with E-state index in [1.54, 1.807) is 24.1 Å². The normalized spacial score (nSPS) is 19.2. The van der Waals surface area contributed by atoms with Gasteiger partial charge >= 0.3 is 0 Å². The summed E-state index contributed by atoms with van der Waals surface area (Å²) in [6.45, 7) is 5.63. The molecule has 2 rings (SSSR count). The van der Waals surface area contributed by atoms with E-state index in [0.717, 1.165) is 12.8 Å². The van der Waals surface area contributed by atoms with Crippen molar-refractivity contribution in [2.24, 2.45) is 0 Å². The fraction of sp³-hybridized carbons (Fsp3) is 0.588. The van der Waals surface area contributed by atoms with Crippen molar-refractivity contribution in [1.82, 2.24) is 9.21 Å². The lowest BCUT2D eigenvalue weighted by Crippen LogP contribution is -2.44. The summed E-state index contributed by atoms with van der Waals surface area (Å²) < 4.78 is 32.4. The molecule has 1 fully saturated rings. The van der Waals surface area contributed by atoms with Gasteiger partial charge in [-0.1, -0.05) is 19.4 Å². The van der Waals surface area contributed by atoms with Crippen molar-refractivity contribution >= 4 is 15.9 Å². The van der Waals surface area contributed by atoms with Crippen LogP contribution < -0.4 is 0 Å². The van der Waals surface area contributed by atoms with Gasteiger partial charge in [0.05, 0.1) is 17.6 Å². The number of carbonyl (C=O) groups excluding carboxylic acids is 1. The molecule has 1 aliphatic rings. The Morgan fingerprint density at radius 2 is 2.17 bits per heavy atom. The zero-order valence-electron chi connectivity index (χ0n) is 14.6. The highest BCUT2D eigenvalue weighted by Gasteiger charge is 2.29. The molecule has 0 spiro atoms. The van der Waals surface area contributed by atoms with Gasteiger partial charge in [-0.3, -0.25) is 4.79 Å². The molecule has 0 bridgehead atoms. The fourth-order valence-corrected chi connectivity index (χ4v) is 4.21. The molecule has 0 saturated carbocycles. The largest absolute Gasteiger partial charge is 0.376 e. The van der Waals surface area contributed by atoms with Crippen LogP contribution in [-0.4, -0.2) is 62.9 Å². The Morgan fingerprint density at radius 1 is 1.42 bits per heavy atom. The number of morpholine rings is 1. The van der Waals surface area contributed by atoms with Crippen LogP contribution in [0.15, 0.2) is 29.2 Å². The number of benzene rings is 1. The van der Waals surface area contributed by atoms with Crippen LogP contribution in [0.4, 0.5) is 0 Å². The van der Waals surface area contributed by atoms with Gasteiger partial charge in [-0.15, -0.1) is 0 Å². The summed E-state index contributed by atoms with van der Waals surface area (Å²) in [5.41, 5.74) is 0.399. The van der Waals surface area contributed by atoms with Crippen LogP contribution in [0.2, 0.25) is 0 Å². The predicted octanol–water partition coefficient (Wildman–Crippen LogP) is 1.97. The average Bonchev–Trinajstić information content (AvgIpc) is 2.59. The molecule has 0 aliphatic carbocycles. The van der Waals surface area contributed by atoms with Gasteiger partial charge in [-0.05, 0) is 31.5 Å². The molecule has 1 aromatic rings. The lowest BCUT2D eigenvalue weighted by molar-refractivity contribution is 0.0102. The quantitative estimate of drug-likeness (QED) is 0.783. The SMILES string of the molecule is CCCCN(C)C(=O)c1cccc(S(=O)(=O)N2CCOC(C)C2)c1. The molecule has 1 unspecified atom stereocenters. The topological polar surface area (TPSA) is 66.9 Å². The monoisotopic (exact) mass is 354 g/mol. The molecule has 0 radical (unpaired) electrons. The number of sulfonamides is 1. The third kappa shape index (κ3) is 4.34. The molecule has 1 heterocycles. The number of rotatable bonds is 6. The molecule has 0 N–H and O–H groups in total. The van der Waals surface area contributed by atoms with Gasteiger partial charge in [-0.2, -0.15) is 4.31 Å². The van der Waals surface area contributed by atoms with Crippen molar-refractivity contribution < 1.29 is 17.9 Å². The summed E-state index contributed by atoms with van der Waals surface area (Å²) in [4.78, 5) is 14.2. The van der Waals surface area contributed by atoms with E-state index >= 15 is 0 Å². The van der Waals surface area contributed by atoms with Gasteiger partial charge in [0.25, 0.3) is 5.91 Å². The van der Waals surface area contributed by atoms with Crippen LogP contribution in [0.5, 0.6) is 0 Å². The van der Waals surface area contributed by atoms with E-state index < -0.39 is 10.0 Å².